The van der Waals surface area contributed by atoms with Crippen LogP contribution in [0.5, 0.6) is 0 Å². The van der Waals surface area contributed by atoms with Gasteiger partial charge in [-0.1, -0.05) is 24.3 Å². The van der Waals surface area contributed by atoms with Crippen LogP contribution in [0.3, 0.4) is 0 Å². The van der Waals surface area contributed by atoms with Crippen molar-refractivity contribution in [1.29, 1.82) is 0 Å². The van der Waals surface area contributed by atoms with Gasteiger partial charge in [0.15, 0.2) is 5.43 Å². The van der Waals surface area contributed by atoms with Gasteiger partial charge < -0.3 is 4.42 Å². The summed E-state index contributed by atoms with van der Waals surface area (Å²) in [5.41, 5.74) is 1.44. The Morgan fingerprint density at radius 2 is 1.59 bits per heavy atom. The van der Waals surface area contributed by atoms with Crippen LogP contribution in [0.25, 0.3) is 42.1 Å². The van der Waals surface area contributed by atoms with Crippen molar-refractivity contribution in [3.8, 4) is 0 Å². The molecule has 3 aromatic carbocycles. The Hall–Kier alpha value is -2.65. The molecule has 104 valence electrons. The van der Waals surface area contributed by atoms with Crippen molar-refractivity contribution in [2.24, 2.45) is 0 Å². The molecule has 22 heavy (non-hydrogen) atoms. The summed E-state index contributed by atoms with van der Waals surface area (Å²) < 4.78 is 8.42. The van der Waals surface area contributed by atoms with Gasteiger partial charge in [-0.05, 0) is 30.3 Å². The molecule has 0 amide bonds. The third-order valence-electron chi connectivity index (χ3n) is 4.06. The van der Waals surface area contributed by atoms with Crippen LogP contribution in [-0.2, 0) is 0 Å². The minimum atomic E-state index is -0.0302. The summed E-state index contributed by atoms with van der Waals surface area (Å²) >= 11 is 1.76. The average molecular weight is 302 g/mol. The Morgan fingerprint density at radius 3 is 2.55 bits per heavy atom. The molecule has 2 heterocycles. The minimum Gasteiger partial charge on any atom is -0.456 e. The second-order valence-corrected chi connectivity index (χ2v) is 6.45. The van der Waals surface area contributed by atoms with Crippen molar-refractivity contribution < 1.29 is 4.42 Å². The Morgan fingerprint density at radius 1 is 0.727 bits per heavy atom. The number of hydrogen-bond acceptors (Lipinski definition) is 3. The molecular weight excluding hydrogens is 292 g/mol. The molecule has 0 aliphatic rings. The molecule has 5 aromatic rings. The number of hydrogen-bond donors (Lipinski definition) is 0. The summed E-state index contributed by atoms with van der Waals surface area (Å²) in [4.78, 5) is 11.7. The van der Waals surface area contributed by atoms with Crippen LogP contribution in [0.15, 0.2) is 69.9 Å². The summed E-state index contributed by atoms with van der Waals surface area (Å²) in [6.07, 6.45) is 0. The summed E-state index contributed by atoms with van der Waals surface area (Å²) in [5.74, 6) is 0. The molecule has 0 saturated carbocycles. The maximum absolute atomic E-state index is 11.7. The second-order valence-electron chi connectivity index (χ2n) is 5.36. The monoisotopic (exact) mass is 302 g/mol. The molecule has 0 spiro atoms. The van der Waals surface area contributed by atoms with Crippen LogP contribution in [0.4, 0.5) is 0 Å². The quantitative estimate of drug-likeness (QED) is 0.286. The lowest BCUT2D eigenvalue weighted by Gasteiger charge is -2.11. The number of benzene rings is 3. The van der Waals surface area contributed by atoms with Crippen molar-refractivity contribution in [1.82, 2.24) is 0 Å². The molecule has 0 fully saturated rings. The first-order valence-electron chi connectivity index (χ1n) is 7.08. The Bertz CT molecular complexity index is 1240. The second kappa shape index (κ2) is 4.18. The minimum absolute atomic E-state index is 0.0302. The van der Waals surface area contributed by atoms with Crippen molar-refractivity contribution in [2.75, 3.05) is 0 Å². The van der Waals surface area contributed by atoms with E-state index in [0.29, 0.717) is 5.58 Å². The molecule has 0 unspecified atom stereocenters. The predicted molar refractivity (Wildman–Crippen MR) is 92.9 cm³/mol. The predicted octanol–water partition coefficient (Wildman–Crippen LogP) is 5.31. The summed E-state index contributed by atoms with van der Waals surface area (Å²) in [6.45, 7) is 0. The largest absolute Gasteiger partial charge is 0.456 e. The van der Waals surface area contributed by atoms with E-state index in [1.165, 1.54) is 20.2 Å². The SMILES string of the molecule is O=c1ccc2c(c1)oc1cccc3sc4ccccc4c2c13. The fourth-order valence-electron chi connectivity index (χ4n) is 3.13. The van der Waals surface area contributed by atoms with Gasteiger partial charge in [0.1, 0.15) is 11.2 Å². The molecule has 0 aliphatic heterocycles. The van der Waals surface area contributed by atoms with E-state index in [2.05, 4.69) is 30.3 Å². The van der Waals surface area contributed by atoms with Gasteiger partial charge in [-0.15, -0.1) is 11.3 Å². The van der Waals surface area contributed by atoms with Crippen molar-refractivity contribution in [3.63, 3.8) is 0 Å². The van der Waals surface area contributed by atoms with Gasteiger partial charge in [-0.3, -0.25) is 4.79 Å². The molecule has 0 N–H and O–H groups in total. The smallest absolute Gasteiger partial charge is 0.182 e. The third-order valence-corrected chi connectivity index (χ3v) is 5.19. The summed E-state index contributed by atoms with van der Waals surface area (Å²) in [6, 6.07) is 19.5. The lowest BCUT2D eigenvalue weighted by Crippen LogP contribution is -1.95. The van der Waals surface area contributed by atoms with E-state index in [0.717, 1.165) is 16.4 Å². The Labute approximate surface area is 129 Å². The molecular formula is C19H10O2S. The molecule has 0 aliphatic carbocycles. The van der Waals surface area contributed by atoms with E-state index in [1.807, 2.05) is 18.2 Å². The van der Waals surface area contributed by atoms with E-state index in [-0.39, 0.29) is 5.43 Å². The van der Waals surface area contributed by atoms with Crippen LogP contribution in [0.2, 0.25) is 0 Å². The van der Waals surface area contributed by atoms with Crippen LogP contribution in [0, 0.1) is 0 Å². The maximum Gasteiger partial charge on any atom is 0.182 e. The molecule has 0 bridgehead atoms. The first-order valence-corrected chi connectivity index (χ1v) is 7.90. The lowest BCUT2D eigenvalue weighted by atomic mass is 10.0. The number of rotatable bonds is 0. The topological polar surface area (TPSA) is 30.2 Å². The zero-order valence-corrected chi connectivity index (χ0v) is 12.3. The van der Waals surface area contributed by atoms with Crippen LogP contribution in [-0.4, -0.2) is 0 Å². The van der Waals surface area contributed by atoms with Crippen molar-refractivity contribution >= 4 is 53.4 Å². The molecule has 3 heteroatoms. The molecule has 2 aromatic heterocycles. The molecule has 2 nitrogen and oxygen atoms in total. The first kappa shape index (κ1) is 12.0. The van der Waals surface area contributed by atoms with Gasteiger partial charge in [0, 0.05) is 37.0 Å². The normalized spacial score (nSPS) is 11.8. The molecule has 0 radical (unpaired) electrons. The van der Waals surface area contributed by atoms with E-state index in [9.17, 15) is 4.79 Å². The van der Waals surface area contributed by atoms with Gasteiger partial charge in [0.2, 0.25) is 0 Å². The van der Waals surface area contributed by atoms with Gasteiger partial charge in [0.25, 0.3) is 0 Å². The van der Waals surface area contributed by atoms with Gasteiger partial charge in [0.05, 0.1) is 0 Å². The highest BCUT2D eigenvalue weighted by Gasteiger charge is 2.13. The van der Waals surface area contributed by atoms with E-state index >= 15 is 0 Å². The third kappa shape index (κ3) is 1.51. The lowest BCUT2D eigenvalue weighted by molar-refractivity contribution is 0.662. The van der Waals surface area contributed by atoms with Crippen LogP contribution >= 0.6 is 11.3 Å². The van der Waals surface area contributed by atoms with E-state index < -0.39 is 0 Å². The number of fused-ring (bicyclic) bond motifs is 4. The Balaban J connectivity index is 2.25. The first-order chi connectivity index (χ1) is 10.8. The molecule has 0 atom stereocenters. The fraction of sp³-hybridized carbons (Fsp3) is 0. The average Bonchev–Trinajstić information content (AvgIpc) is 2.54. The zero-order valence-electron chi connectivity index (χ0n) is 11.5. The highest BCUT2D eigenvalue weighted by molar-refractivity contribution is 7.25. The van der Waals surface area contributed by atoms with Crippen LogP contribution < -0.4 is 5.43 Å². The zero-order chi connectivity index (χ0) is 14.7. The van der Waals surface area contributed by atoms with Gasteiger partial charge >= 0.3 is 0 Å². The van der Waals surface area contributed by atoms with Crippen molar-refractivity contribution in [2.45, 2.75) is 0 Å². The van der Waals surface area contributed by atoms with Crippen molar-refractivity contribution in [3.05, 3.63) is 70.9 Å². The summed E-state index contributed by atoms with van der Waals surface area (Å²) in [5, 5.41) is 4.50. The highest BCUT2D eigenvalue weighted by Crippen LogP contribution is 2.40. The summed E-state index contributed by atoms with van der Waals surface area (Å²) in [7, 11) is 0. The van der Waals surface area contributed by atoms with Gasteiger partial charge in [-0.2, -0.15) is 0 Å². The molecule has 5 rings (SSSR count). The maximum atomic E-state index is 11.7. The highest BCUT2D eigenvalue weighted by atomic mass is 32.1. The standard InChI is InChI=1S/C19H10O2S/c20-11-8-9-12-15(10-11)21-14-5-3-7-17-19(14)18(12)13-4-1-2-6-16(13)22-17/h1-10H. The van der Waals surface area contributed by atoms with Crippen LogP contribution in [0.1, 0.15) is 0 Å². The van der Waals surface area contributed by atoms with Gasteiger partial charge in [-0.25, -0.2) is 0 Å². The fourth-order valence-corrected chi connectivity index (χ4v) is 4.25. The van der Waals surface area contributed by atoms with E-state index in [4.69, 9.17) is 4.42 Å². The molecule has 0 saturated heterocycles. The Kier molecular flexibility index (Phi) is 2.27. The van der Waals surface area contributed by atoms with E-state index in [1.54, 1.807) is 23.5 Å².